The van der Waals surface area contributed by atoms with Gasteiger partial charge in [0.2, 0.25) is 0 Å². The predicted octanol–water partition coefficient (Wildman–Crippen LogP) is 3.31. The van der Waals surface area contributed by atoms with Crippen molar-refractivity contribution in [3.8, 4) is 28.6 Å². The van der Waals surface area contributed by atoms with Gasteiger partial charge in [0.25, 0.3) is 0 Å². The summed E-state index contributed by atoms with van der Waals surface area (Å²) in [5.74, 6) is -2.19. The molecule has 1 atom stereocenters. The monoisotopic (exact) mass is 495 g/mol. The number of aliphatic hydroxyl groups is 1. The fraction of sp³-hybridized carbons (Fsp3) is 0.0400. The number of nitriles is 1. The van der Waals surface area contributed by atoms with Gasteiger partial charge in [-0.3, -0.25) is 4.40 Å². The minimum Gasteiger partial charge on any atom is -0.381 e. The number of benzene rings is 2. The highest BCUT2D eigenvalue weighted by molar-refractivity contribution is 5.83. The summed E-state index contributed by atoms with van der Waals surface area (Å²) in [6, 6.07) is 15.6. The van der Waals surface area contributed by atoms with Crippen LogP contribution in [0.2, 0.25) is 0 Å². The number of nitrogen functional groups attached to an aromatic ring is 1. The van der Waals surface area contributed by atoms with E-state index in [0.29, 0.717) is 33.7 Å². The van der Waals surface area contributed by atoms with Gasteiger partial charge in [-0.15, -0.1) is 15.3 Å². The quantitative estimate of drug-likeness (QED) is 0.379. The highest BCUT2D eigenvalue weighted by Gasteiger charge is 2.27. The minimum atomic E-state index is -1.81. The van der Waals surface area contributed by atoms with E-state index in [1.165, 1.54) is 16.9 Å². The van der Waals surface area contributed by atoms with Crippen molar-refractivity contribution in [1.29, 1.82) is 5.26 Å². The molecule has 0 aliphatic heterocycles. The second-order valence-corrected chi connectivity index (χ2v) is 8.14. The Bertz CT molecular complexity index is 1850. The van der Waals surface area contributed by atoms with Gasteiger partial charge in [-0.2, -0.15) is 5.26 Å². The van der Waals surface area contributed by atoms with Crippen molar-refractivity contribution in [2.75, 3.05) is 5.73 Å². The van der Waals surface area contributed by atoms with E-state index in [-0.39, 0.29) is 17.3 Å². The van der Waals surface area contributed by atoms with Gasteiger partial charge in [-0.1, -0.05) is 18.2 Å². The molecule has 2 aromatic carbocycles. The third kappa shape index (κ3) is 3.62. The minimum absolute atomic E-state index is 0.0357. The molecule has 37 heavy (non-hydrogen) atoms. The Labute approximate surface area is 206 Å². The fourth-order valence-electron chi connectivity index (χ4n) is 4.15. The Morgan fingerprint density at radius 3 is 2.57 bits per heavy atom. The zero-order valence-electron chi connectivity index (χ0n) is 18.8. The molecule has 180 valence electrons. The molecule has 0 radical (unpaired) electrons. The molecule has 4 heterocycles. The number of fused-ring (bicyclic) bond motifs is 2. The van der Waals surface area contributed by atoms with Crippen LogP contribution in [0.1, 0.15) is 23.1 Å². The first-order valence-electron chi connectivity index (χ1n) is 10.9. The van der Waals surface area contributed by atoms with Crippen LogP contribution in [-0.4, -0.2) is 39.3 Å². The van der Waals surface area contributed by atoms with Crippen molar-refractivity contribution in [3.05, 3.63) is 95.7 Å². The number of nitrogens with zero attached hydrogens (tertiary/aromatic N) is 8. The number of aliphatic hydroxyl groups excluding tert-OH is 1. The molecule has 1 unspecified atom stereocenters. The third-order valence-corrected chi connectivity index (χ3v) is 5.87. The molecule has 4 aromatic heterocycles. The first kappa shape index (κ1) is 22.2. The van der Waals surface area contributed by atoms with E-state index in [0.717, 1.165) is 12.1 Å². The second kappa shape index (κ2) is 8.43. The van der Waals surface area contributed by atoms with Gasteiger partial charge in [-0.05, 0) is 36.4 Å². The van der Waals surface area contributed by atoms with Crippen LogP contribution in [0.5, 0.6) is 0 Å². The van der Waals surface area contributed by atoms with Crippen molar-refractivity contribution < 1.29 is 13.9 Å². The summed E-state index contributed by atoms with van der Waals surface area (Å²) in [6.45, 7) is 0. The summed E-state index contributed by atoms with van der Waals surface area (Å²) < 4.78 is 31.8. The lowest BCUT2D eigenvalue weighted by molar-refractivity contribution is 0.199. The number of pyridine rings is 1. The highest BCUT2D eigenvalue weighted by Crippen LogP contribution is 2.34. The Morgan fingerprint density at radius 2 is 1.78 bits per heavy atom. The largest absolute Gasteiger partial charge is 0.381 e. The van der Waals surface area contributed by atoms with E-state index in [4.69, 9.17) is 5.73 Å². The van der Waals surface area contributed by atoms with Crippen molar-refractivity contribution in [3.63, 3.8) is 0 Å². The molecule has 0 bridgehead atoms. The van der Waals surface area contributed by atoms with Crippen LogP contribution in [0.4, 0.5) is 14.6 Å². The Balaban J connectivity index is 1.65. The van der Waals surface area contributed by atoms with E-state index in [1.54, 1.807) is 47.0 Å². The van der Waals surface area contributed by atoms with Gasteiger partial charge in [-0.25, -0.2) is 23.3 Å². The lowest BCUT2D eigenvalue weighted by atomic mass is 10.0. The van der Waals surface area contributed by atoms with E-state index in [9.17, 15) is 19.1 Å². The second-order valence-electron chi connectivity index (χ2n) is 8.14. The predicted molar refractivity (Wildman–Crippen MR) is 128 cm³/mol. The maximum Gasteiger partial charge on any atom is 0.199 e. The summed E-state index contributed by atoms with van der Waals surface area (Å²) in [5.41, 5.74) is 8.70. The van der Waals surface area contributed by atoms with Crippen LogP contribution in [0.3, 0.4) is 0 Å². The van der Waals surface area contributed by atoms with Crippen LogP contribution in [0.25, 0.3) is 33.8 Å². The molecular weight excluding hydrogens is 480 g/mol. The molecule has 0 aliphatic rings. The topological polar surface area (TPSA) is 143 Å². The molecule has 3 N–H and O–H groups in total. The lowest BCUT2D eigenvalue weighted by Crippen LogP contribution is -2.08. The number of aromatic nitrogens is 7. The average Bonchev–Trinajstić information content (AvgIpc) is 3.56. The summed E-state index contributed by atoms with van der Waals surface area (Å²) in [4.78, 5) is 8.82. The number of halogens is 2. The molecule has 0 spiro atoms. The zero-order chi connectivity index (χ0) is 25.7. The average molecular weight is 495 g/mol. The maximum atomic E-state index is 14.4. The number of anilines is 1. The van der Waals surface area contributed by atoms with E-state index in [1.807, 2.05) is 0 Å². The van der Waals surface area contributed by atoms with E-state index < -0.39 is 23.3 Å². The molecule has 0 amide bonds. The summed E-state index contributed by atoms with van der Waals surface area (Å²) in [5, 5.41) is 32.6. The maximum absolute atomic E-state index is 14.4. The summed E-state index contributed by atoms with van der Waals surface area (Å²) in [6.07, 6.45) is 1.46. The number of rotatable bonds is 4. The lowest BCUT2D eigenvalue weighted by Gasteiger charge is -2.13. The van der Waals surface area contributed by atoms with Crippen LogP contribution >= 0.6 is 0 Å². The molecule has 6 aromatic rings. The number of hydrogen-bond acceptors (Lipinski definition) is 8. The summed E-state index contributed by atoms with van der Waals surface area (Å²) >= 11 is 0. The fourth-order valence-corrected chi connectivity index (χ4v) is 4.15. The molecule has 0 saturated heterocycles. The van der Waals surface area contributed by atoms with Gasteiger partial charge < -0.3 is 10.8 Å². The Kier molecular flexibility index (Phi) is 5.06. The third-order valence-electron chi connectivity index (χ3n) is 5.87. The molecule has 12 heteroatoms. The smallest absolute Gasteiger partial charge is 0.199 e. The standard InChI is InChI=1S/C25H15F2N9O/c26-16-5-2-6-17(27)19(16)22(37)24-32-25-23(29)31-20(14-4-1-3-13(9-14)10-28)21(36(25)34-24)15-7-8-18-33-30-12-35(18)11-15/h1-9,11-12,22,37H,(H2,29,31). The van der Waals surface area contributed by atoms with Gasteiger partial charge in [0.1, 0.15) is 29.8 Å². The Morgan fingerprint density at radius 1 is 1.00 bits per heavy atom. The van der Waals surface area contributed by atoms with Crippen molar-refractivity contribution in [1.82, 2.24) is 34.2 Å². The van der Waals surface area contributed by atoms with Crippen molar-refractivity contribution >= 4 is 17.1 Å². The molecule has 0 fully saturated rings. The molecule has 10 nitrogen and oxygen atoms in total. The molecule has 0 saturated carbocycles. The number of hydrogen-bond donors (Lipinski definition) is 2. The molecule has 6 rings (SSSR count). The van der Waals surface area contributed by atoms with Crippen LogP contribution in [0.15, 0.2) is 67.1 Å². The number of nitrogens with two attached hydrogens (primary N) is 1. The van der Waals surface area contributed by atoms with Crippen molar-refractivity contribution in [2.24, 2.45) is 0 Å². The molecule has 0 aliphatic carbocycles. The van der Waals surface area contributed by atoms with E-state index >= 15 is 0 Å². The molecular formula is C25H15F2N9O. The van der Waals surface area contributed by atoms with Gasteiger partial charge in [0.15, 0.2) is 22.9 Å². The van der Waals surface area contributed by atoms with Gasteiger partial charge >= 0.3 is 0 Å². The summed E-state index contributed by atoms with van der Waals surface area (Å²) in [7, 11) is 0. The van der Waals surface area contributed by atoms with Crippen LogP contribution in [0, 0.1) is 23.0 Å². The first-order chi connectivity index (χ1) is 17.9. The van der Waals surface area contributed by atoms with Gasteiger partial charge in [0.05, 0.1) is 22.9 Å². The zero-order valence-corrected chi connectivity index (χ0v) is 18.8. The highest BCUT2D eigenvalue weighted by atomic mass is 19.1. The van der Waals surface area contributed by atoms with Crippen molar-refractivity contribution in [2.45, 2.75) is 6.10 Å². The van der Waals surface area contributed by atoms with E-state index in [2.05, 4.69) is 31.3 Å². The SMILES string of the molecule is N#Cc1cccc(-c2nc(N)c3nc(C(O)c4c(F)cccc4F)nn3c2-c2ccc3nncn3c2)c1. The normalized spacial score (nSPS) is 12.2. The first-order valence-corrected chi connectivity index (χ1v) is 10.9. The van der Waals surface area contributed by atoms with Crippen LogP contribution in [-0.2, 0) is 0 Å². The van der Waals surface area contributed by atoms with Gasteiger partial charge in [0, 0.05) is 17.3 Å². The Hall–Kier alpha value is -5.28. The van der Waals surface area contributed by atoms with Crippen LogP contribution < -0.4 is 5.73 Å².